The number of fused-ring (bicyclic) bond motifs is 4. The van der Waals surface area contributed by atoms with Crippen LogP contribution in [0.15, 0.2) is 84.9 Å². The Hall–Kier alpha value is -4.39. The molecule has 32 heavy (non-hydrogen) atoms. The van der Waals surface area contributed by atoms with Crippen LogP contribution in [0.5, 0.6) is 0 Å². The van der Waals surface area contributed by atoms with Crippen LogP contribution in [0.4, 0.5) is 5.69 Å². The molecule has 7 rings (SSSR count). The molecular weight excluding hydrogens is 398 g/mol. The van der Waals surface area contributed by atoms with E-state index in [2.05, 4.69) is 60.2 Å². The van der Waals surface area contributed by atoms with Crippen molar-refractivity contribution >= 4 is 22.3 Å². The highest BCUT2D eigenvalue weighted by Crippen LogP contribution is 2.40. The van der Waals surface area contributed by atoms with Gasteiger partial charge >= 0.3 is 0 Å². The SMILES string of the molecule is c1cncc(-c2cncc3[nH]c(C4=NC5CN5c5ccc(-c6cncnc6)cc54)cc23)c1. The van der Waals surface area contributed by atoms with Gasteiger partial charge in [-0.1, -0.05) is 12.1 Å². The zero-order valence-corrected chi connectivity index (χ0v) is 17.0. The maximum Gasteiger partial charge on any atom is 0.139 e. The van der Waals surface area contributed by atoms with Gasteiger partial charge in [0.2, 0.25) is 0 Å². The molecule has 0 saturated carbocycles. The van der Waals surface area contributed by atoms with Crippen LogP contribution in [0.3, 0.4) is 0 Å². The zero-order valence-electron chi connectivity index (χ0n) is 17.0. The van der Waals surface area contributed by atoms with Gasteiger partial charge in [-0.25, -0.2) is 9.97 Å². The van der Waals surface area contributed by atoms with Crippen molar-refractivity contribution in [2.45, 2.75) is 6.17 Å². The molecule has 0 aliphatic carbocycles. The summed E-state index contributed by atoms with van der Waals surface area (Å²) in [5.41, 5.74) is 9.44. The lowest BCUT2D eigenvalue weighted by Crippen LogP contribution is -2.16. The Morgan fingerprint density at radius 1 is 0.812 bits per heavy atom. The molecule has 0 radical (unpaired) electrons. The lowest BCUT2D eigenvalue weighted by atomic mass is 9.98. The summed E-state index contributed by atoms with van der Waals surface area (Å²) in [6.07, 6.45) is 12.8. The molecule has 1 saturated heterocycles. The van der Waals surface area contributed by atoms with Crippen molar-refractivity contribution in [2.75, 3.05) is 11.4 Å². The topological polar surface area (TPSA) is 82.7 Å². The molecule has 0 bridgehead atoms. The van der Waals surface area contributed by atoms with E-state index in [-0.39, 0.29) is 6.17 Å². The first kappa shape index (κ1) is 17.3. The lowest BCUT2D eigenvalue weighted by molar-refractivity contribution is 1.04. The van der Waals surface area contributed by atoms with Crippen LogP contribution in [0.2, 0.25) is 0 Å². The summed E-state index contributed by atoms with van der Waals surface area (Å²) in [6, 6.07) is 12.7. The number of pyridine rings is 2. The standard InChI is InChI=1S/C25H17N7/c1-2-16(8-26-5-1)20-11-27-12-22-18(20)7-21(30-22)25-19-6-15(17-9-28-14-29-10-17)3-4-23(19)32-13-24(32)31-25/h1-12,14,24,30H,13H2. The van der Waals surface area contributed by atoms with Gasteiger partial charge in [0, 0.05) is 64.3 Å². The van der Waals surface area contributed by atoms with Gasteiger partial charge in [0.1, 0.15) is 12.5 Å². The molecule has 4 aromatic heterocycles. The first-order valence-electron chi connectivity index (χ1n) is 10.5. The van der Waals surface area contributed by atoms with E-state index < -0.39 is 0 Å². The Morgan fingerprint density at radius 3 is 2.59 bits per heavy atom. The third-order valence-electron chi connectivity index (χ3n) is 6.09. The minimum Gasteiger partial charge on any atom is -0.352 e. The number of nitrogens with one attached hydrogen (secondary N) is 1. The van der Waals surface area contributed by atoms with Gasteiger partial charge in [0.15, 0.2) is 0 Å². The van der Waals surface area contributed by atoms with Crippen molar-refractivity contribution in [1.29, 1.82) is 0 Å². The van der Waals surface area contributed by atoms with E-state index in [0.717, 1.165) is 56.7 Å². The minimum absolute atomic E-state index is 0.214. The van der Waals surface area contributed by atoms with Gasteiger partial charge < -0.3 is 9.88 Å². The highest BCUT2D eigenvalue weighted by atomic mass is 15.4. The third kappa shape index (κ3) is 2.64. The highest BCUT2D eigenvalue weighted by molar-refractivity contribution is 6.19. The smallest absolute Gasteiger partial charge is 0.139 e. The normalized spacial score (nSPS) is 16.4. The number of aliphatic imine (C=N–C) groups is 1. The van der Waals surface area contributed by atoms with Crippen LogP contribution in [-0.4, -0.2) is 43.3 Å². The fourth-order valence-electron chi connectivity index (χ4n) is 4.47. The minimum atomic E-state index is 0.214. The summed E-state index contributed by atoms with van der Waals surface area (Å²) < 4.78 is 0. The van der Waals surface area contributed by atoms with Crippen LogP contribution in [0, 0.1) is 0 Å². The Labute approximate surface area is 183 Å². The highest BCUT2D eigenvalue weighted by Gasteiger charge is 2.40. The van der Waals surface area contributed by atoms with E-state index >= 15 is 0 Å². The lowest BCUT2D eigenvalue weighted by Gasteiger charge is -2.19. The molecule has 0 amide bonds. The predicted molar refractivity (Wildman–Crippen MR) is 124 cm³/mol. The third-order valence-corrected chi connectivity index (χ3v) is 6.09. The van der Waals surface area contributed by atoms with Gasteiger partial charge in [-0.05, 0) is 29.8 Å². The maximum atomic E-state index is 5.05. The van der Waals surface area contributed by atoms with Crippen molar-refractivity contribution in [3.63, 3.8) is 0 Å². The number of aromatic nitrogens is 5. The van der Waals surface area contributed by atoms with E-state index in [1.807, 2.05) is 37.1 Å². The van der Waals surface area contributed by atoms with E-state index in [9.17, 15) is 0 Å². The predicted octanol–water partition coefficient (Wildman–Crippen LogP) is 4.08. The second-order valence-electron chi connectivity index (χ2n) is 8.04. The van der Waals surface area contributed by atoms with Gasteiger partial charge in [-0.2, -0.15) is 0 Å². The second-order valence-corrected chi connectivity index (χ2v) is 8.04. The first-order valence-corrected chi connectivity index (χ1v) is 10.5. The molecule has 1 aromatic carbocycles. The molecule has 2 aliphatic rings. The molecule has 0 spiro atoms. The molecule has 152 valence electrons. The number of hydrogen-bond donors (Lipinski definition) is 1. The van der Waals surface area contributed by atoms with Crippen molar-refractivity contribution < 1.29 is 0 Å². The van der Waals surface area contributed by atoms with Gasteiger partial charge in [0.25, 0.3) is 0 Å². The Kier molecular flexibility index (Phi) is 3.54. The summed E-state index contributed by atoms with van der Waals surface area (Å²) in [5, 5.41) is 1.11. The van der Waals surface area contributed by atoms with Crippen molar-refractivity contribution in [3.05, 3.63) is 91.2 Å². The fourth-order valence-corrected chi connectivity index (χ4v) is 4.47. The van der Waals surface area contributed by atoms with Crippen LogP contribution in [-0.2, 0) is 0 Å². The molecular formula is C25H17N7. The molecule has 1 unspecified atom stereocenters. The molecule has 1 atom stereocenters. The second kappa shape index (κ2) is 6.55. The molecule has 2 aliphatic heterocycles. The quantitative estimate of drug-likeness (QED) is 0.449. The van der Waals surface area contributed by atoms with Crippen molar-refractivity contribution in [2.24, 2.45) is 4.99 Å². The van der Waals surface area contributed by atoms with Crippen LogP contribution < -0.4 is 4.90 Å². The molecule has 1 N–H and O–H groups in total. The summed E-state index contributed by atoms with van der Waals surface area (Å²) in [4.78, 5) is 28.0. The largest absolute Gasteiger partial charge is 0.352 e. The van der Waals surface area contributed by atoms with Crippen molar-refractivity contribution in [3.8, 4) is 22.3 Å². The first-order chi connectivity index (χ1) is 15.8. The maximum absolute atomic E-state index is 5.05. The number of H-pyrrole nitrogens is 1. The van der Waals surface area contributed by atoms with Crippen LogP contribution >= 0.6 is 0 Å². The number of hydrogen-bond acceptors (Lipinski definition) is 6. The number of benzene rings is 1. The summed E-state index contributed by atoms with van der Waals surface area (Å²) in [7, 11) is 0. The number of aromatic amines is 1. The van der Waals surface area contributed by atoms with Gasteiger partial charge in [-0.3, -0.25) is 15.0 Å². The average Bonchev–Trinajstić information content (AvgIpc) is 3.52. The molecule has 5 aromatic rings. The summed E-state index contributed by atoms with van der Waals surface area (Å²) in [5.74, 6) is 0. The number of nitrogens with zero attached hydrogens (tertiary/aromatic N) is 6. The summed E-state index contributed by atoms with van der Waals surface area (Å²) in [6.45, 7) is 0.951. The van der Waals surface area contributed by atoms with Gasteiger partial charge in [0.05, 0.1) is 29.7 Å². The van der Waals surface area contributed by atoms with E-state index in [1.165, 1.54) is 5.69 Å². The molecule has 6 heterocycles. The van der Waals surface area contributed by atoms with E-state index in [4.69, 9.17) is 4.99 Å². The Bertz CT molecular complexity index is 1510. The monoisotopic (exact) mass is 415 g/mol. The number of anilines is 1. The average molecular weight is 415 g/mol. The Balaban J connectivity index is 1.39. The summed E-state index contributed by atoms with van der Waals surface area (Å²) >= 11 is 0. The van der Waals surface area contributed by atoms with Crippen LogP contribution in [0.25, 0.3) is 33.2 Å². The van der Waals surface area contributed by atoms with Crippen molar-refractivity contribution in [1.82, 2.24) is 24.9 Å². The fraction of sp³-hybridized carbons (Fsp3) is 0.0800. The molecule has 7 nitrogen and oxygen atoms in total. The Morgan fingerprint density at radius 2 is 1.72 bits per heavy atom. The molecule has 1 fully saturated rings. The number of rotatable bonds is 3. The zero-order chi connectivity index (χ0) is 21.1. The van der Waals surface area contributed by atoms with E-state index in [1.54, 1.807) is 12.5 Å². The van der Waals surface area contributed by atoms with Gasteiger partial charge in [-0.15, -0.1) is 0 Å². The van der Waals surface area contributed by atoms with Crippen LogP contribution in [0.1, 0.15) is 11.3 Å². The molecule has 7 heteroatoms. The van der Waals surface area contributed by atoms with E-state index in [0.29, 0.717) is 0 Å².